The number of hydrogen-bond donors (Lipinski definition) is 5. The molecule has 14 nitrogen and oxygen atoms in total. The van der Waals surface area contributed by atoms with E-state index in [1.54, 1.807) is 4.72 Å². The smallest absolute Gasteiger partial charge is 0.362 e. The number of phenols is 1. The van der Waals surface area contributed by atoms with E-state index in [4.69, 9.17) is 14.7 Å². The quantitative estimate of drug-likeness (QED) is 0.279. The van der Waals surface area contributed by atoms with E-state index in [9.17, 15) is 28.5 Å². The van der Waals surface area contributed by atoms with Crippen molar-refractivity contribution in [1.29, 1.82) is 0 Å². The minimum atomic E-state index is -4.63. The third kappa shape index (κ3) is 4.06. The number of nitrogens with two attached hydrogens (primary N) is 1. The summed E-state index contributed by atoms with van der Waals surface area (Å²) in [7, 11) is -4.63. The molecule has 1 aliphatic heterocycles. The molecule has 1 fully saturated rings. The van der Waals surface area contributed by atoms with Gasteiger partial charge in [-0.1, -0.05) is 12.1 Å². The summed E-state index contributed by atoms with van der Waals surface area (Å²) in [6.45, 7) is -0.720. The van der Waals surface area contributed by atoms with Gasteiger partial charge in [-0.3, -0.25) is 13.5 Å². The molecule has 0 aliphatic carbocycles. The average molecular weight is 466 g/mol. The van der Waals surface area contributed by atoms with Crippen molar-refractivity contribution in [1.82, 2.24) is 24.2 Å². The first-order valence-electron chi connectivity index (χ1n) is 9.12. The van der Waals surface area contributed by atoms with E-state index < -0.39 is 53.1 Å². The molecule has 0 spiro atoms. The van der Waals surface area contributed by atoms with E-state index in [0.717, 1.165) is 0 Å². The Morgan fingerprint density at radius 3 is 2.72 bits per heavy atom. The van der Waals surface area contributed by atoms with Crippen LogP contribution in [-0.4, -0.2) is 74.1 Å². The Hall–Kier alpha value is -3.37. The van der Waals surface area contributed by atoms with E-state index in [-0.39, 0.29) is 22.5 Å². The van der Waals surface area contributed by atoms with Crippen molar-refractivity contribution in [2.75, 3.05) is 12.3 Å². The lowest BCUT2D eigenvalue weighted by Crippen LogP contribution is -2.37. The standard InChI is InChI=1S/C17H18N6O8S/c18-14-11-15(20-6-19-14)23(7-21-11)17-13(26)12(25)10(31-17)5-30-32(28,29)22-16(27)8-3-1-2-4-9(8)24/h1-4,6-7,10,12-13,17,24-26H,5H2,(H,22,27)(H2,18,19,20)/t10-,12-,13-,17-/m1/s1. The minimum absolute atomic E-state index is 0.105. The highest BCUT2D eigenvalue weighted by Crippen LogP contribution is 2.32. The predicted octanol–water partition coefficient (Wildman–Crippen LogP) is -1.58. The number of imidazole rings is 1. The van der Waals surface area contributed by atoms with Crippen LogP contribution in [0.1, 0.15) is 16.6 Å². The lowest BCUT2D eigenvalue weighted by atomic mass is 10.1. The summed E-state index contributed by atoms with van der Waals surface area (Å²) < 4.78 is 37.5. The van der Waals surface area contributed by atoms with Gasteiger partial charge < -0.3 is 25.8 Å². The van der Waals surface area contributed by atoms with Crippen LogP contribution in [0.2, 0.25) is 0 Å². The number of carbonyl (C=O) groups is 1. The van der Waals surface area contributed by atoms with Crippen molar-refractivity contribution in [3.05, 3.63) is 42.5 Å². The van der Waals surface area contributed by atoms with Crippen LogP contribution in [-0.2, 0) is 19.2 Å². The molecule has 0 radical (unpaired) electrons. The number of nitrogens with zero attached hydrogens (tertiary/aromatic N) is 4. The number of aliphatic hydroxyl groups is 2. The number of ether oxygens (including phenoxy) is 1. The molecule has 0 unspecified atom stereocenters. The molecular formula is C17H18N6O8S. The molecule has 15 heteroatoms. The molecule has 1 amide bonds. The van der Waals surface area contributed by atoms with Crippen LogP contribution in [0.5, 0.6) is 5.75 Å². The first kappa shape index (κ1) is 21.8. The normalized spacial score (nSPS) is 23.4. The molecule has 1 aliphatic rings. The summed E-state index contributed by atoms with van der Waals surface area (Å²) in [6, 6.07) is 5.33. The summed E-state index contributed by atoms with van der Waals surface area (Å²) in [5.41, 5.74) is 5.94. The summed E-state index contributed by atoms with van der Waals surface area (Å²) >= 11 is 0. The Morgan fingerprint density at radius 1 is 1.22 bits per heavy atom. The molecule has 0 bridgehead atoms. The van der Waals surface area contributed by atoms with E-state index >= 15 is 0 Å². The van der Waals surface area contributed by atoms with Crippen LogP contribution in [0.25, 0.3) is 11.2 Å². The Kier molecular flexibility index (Phi) is 5.66. The Morgan fingerprint density at radius 2 is 1.97 bits per heavy atom. The van der Waals surface area contributed by atoms with Gasteiger partial charge in [0.25, 0.3) is 5.91 Å². The van der Waals surface area contributed by atoms with Crippen LogP contribution in [0, 0.1) is 0 Å². The number of nitrogens with one attached hydrogen (secondary N) is 1. The maximum absolute atomic E-state index is 12.1. The van der Waals surface area contributed by atoms with Gasteiger partial charge in [-0.15, -0.1) is 0 Å². The van der Waals surface area contributed by atoms with Crippen molar-refractivity contribution in [2.24, 2.45) is 0 Å². The fourth-order valence-corrected chi connectivity index (χ4v) is 3.88. The number of benzene rings is 1. The highest BCUT2D eigenvalue weighted by molar-refractivity contribution is 7.85. The second-order valence-electron chi connectivity index (χ2n) is 6.82. The molecule has 170 valence electrons. The SMILES string of the molecule is Nc1ncnc2c1ncn2[C@@H]1O[C@H](COS(=O)(=O)NC(=O)c2ccccc2O)[C@@H](O)[C@H]1O. The number of fused-ring (bicyclic) bond motifs is 1. The number of phenolic OH excluding ortho intramolecular Hbond substituents is 1. The minimum Gasteiger partial charge on any atom is -0.507 e. The van der Waals surface area contributed by atoms with Gasteiger partial charge in [0.2, 0.25) is 0 Å². The van der Waals surface area contributed by atoms with E-state index in [2.05, 4.69) is 15.0 Å². The fourth-order valence-electron chi connectivity index (χ4n) is 3.17. The largest absolute Gasteiger partial charge is 0.507 e. The van der Waals surface area contributed by atoms with Crippen molar-refractivity contribution < 1.29 is 37.5 Å². The molecule has 1 saturated heterocycles. The highest BCUT2D eigenvalue weighted by Gasteiger charge is 2.45. The predicted molar refractivity (Wildman–Crippen MR) is 106 cm³/mol. The van der Waals surface area contributed by atoms with Crippen LogP contribution < -0.4 is 10.5 Å². The maximum Gasteiger partial charge on any atom is 0.362 e. The zero-order chi connectivity index (χ0) is 23.0. The van der Waals surface area contributed by atoms with Crippen molar-refractivity contribution in [3.63, 3.8) is 0 Å². The molecule has 3 aromatic rings. The average Bonchev–Trinajstić information content (AvgIpc) is 3.29. The molecule has 0 saturated carbocycles. The first-order valence-corrected chi connectivity index (χ1v) is 10.5. The van der Waals surface area contributed by atoms with E-state index in [0.29, 0.717) is 0 Å². The van der Waals surface area contributed by atoms with Gasteiger partial charge in [0.05, 0.1) is 18.5 Å². The van der Waals surface area contributed by atoms with Gasteiger partial charge in [0, 0.05) is 0 Å². The van der Waals surface area contributed by atoms with Crippen molar-refractivity contribution in [3.8, 4) is 5.75 Å². The van der Waals surface area contributed by atoms with Crippen LogP contribution in [0.15, 0.2) is 36.9 Å². The Bertz CT molecular complexity index is 1260. The summed E-state index contributed by atoms with van der Waals surface area (Å²) in [5, 5.41) is 30.3. The Balaban J connectivity index is 1.44. The maximum atomic E-state index is 12.1. The highest BCUT2D eigenvalue weighted by atomic mass is 32.2. The van der Waals surface area contributed by atoms with Gasteiger partial charge in [-0.2, -0.15) is 8.42 Å². The van der Waals surface area contributed by atoms with E-state index in [1.165, 1.54) is 41.5 Å². The second kappa shape index (κ2) is 8.29. The number of amides is 1. The number of carbonyl (C=O) groups excluding carboxylic acids is 1. The Labute approximate surface area is 180 Å². The topological polar surface area (TPSA) is 212 Å². The van der Waals surface area contributed by atoms with Crippen LogP contribution in [0.3, 0.4) is 0 Å². The number of anilines is 1. The second-order valence-corrected chi connectivity index (χ2v) is 8.16. The number of aliphatic hydroxyl groups excluding tert-OH is 2. The van der Waals surface area contributed by atoms with Crippen LogP contribution in [0.4, 0.5) is 5.82 Å². The third-order valence-electron chi connectivity index (χ3n) is 4.75. The van der Waals surface area contributed by atoms with Gasteiger partial charge in [-0.25, -0.2) is 19.7 Å². The summed E-state index contributed by atoms with van der Waals surface area (Å²) in [5.74, 6) is -1.43. The molecule has 32 heavy (non-hydrogen) atoms. The van der Waals surface area contributed by atoms with Gasteiger partial charge >= 0.3 is 10.3 Å². The fraction of sp³-hybridized carbons (Fsp3) is 0.294. The van der Waals surface area contributed by atoms with Gasteiger partial charge in [0.15, 0.2) is 17.7 Å². The molecule has 6 N–H and O–H groups in total. The van der Waals surface area contributed by atoms with Gasteiger partial charge in [-0.05, 0) is 12.1 Å². The summed E-state index contributed by atoms with van der Waals surface area (Å²) in [4.78, 5) is 23.9. The monoisotopic (exact) mass is 466 g/mol. The molecule has 2 aromatic heterocycles. The zero-order valence-corrected chi connectivity index (χ0v) is 17.0. The van der Waals surface area contributed by atoms with Gasteiger partial charge in [0.1, 0.15) is 35.9 Å². The molecule has 1 aromatic carbocycles. The number of rotatable bonds is 6. The lowest BCUT2D eigenvalue weighted by Gasteiger charge is -2.16. The lowest BCUT2D eigenvalue weighted by molar-refractivity contribution is -0.0468. The number of hydrogen-bond acceptors (Lipinski definition) is 12. The number of aromatic nitrogens is 4. The zero-order valence-electron chi connectivity index (χ0n) is 16.1. The van der Waals surface area contributed by atoms with Crippen molar-refractivity contribution >= 4 is 33.2 Å². The third-order valence-corrected chi connectivity index (χ3v) is 5.63. The molecule has 4 atom stereocenters. The molecule has 3 heterocycles. The number of para-hydroxylation sites is 1. The molecule has 4 rings (SSSR count). The number of nitrogen functional groups attached to an aromatic ring is 1. The van der Waals surface area contributed by atoms with E-state index in [1.807, 2.05) is 0 Å². The number of aromatic hydroxyl groups is 1. The van der Waals surface area contributed by atoms with Crippen LogP contribution >= 0.6 is 0 Å². The molecular weight excluding hydrogens is 448 g/mol. The first-order chi connectivity index (χ1) is 15.2. The summed E-state index contributed by atoms with van der Waals surface area (Å²) in [6.07, 6.45) is -2.98. The van der Waals surface area contributed by atoms with Crippen molar-refractivity contribution in [2.45, 2.75) is 24.5 Å².